The lowest BCUT2D eigenvalue weighted by Crippen LogP contribution is -2.35. The average Bonchev–Trinajstić information content (AvgIpc) is 3.14. The van der Waals surface area contributed by atoms with Gasteiger partial charge in [0.25, 0.3) is 5.91 Å². The van der Waals surface area contributed by atoms with Crippen LogP contribution < -0.4 is 4.74 Å². The van der Waals surface area contributed by atoms with E-state index >= 15 is 0 Å². The Bertz CT molecular complexity index is 1180. The zero-order valence-corrected chi connectivity index (χ0v) is 19.9. The van der Waals surface area contributed by atoms with Crippen molar-refractivity contribution in [1.29, 1.82) is 0 Å². The molecule has 0 saturated carbocycles. The van der Waals surface area contributed by atoms with Crippen molar-refractivity contribution in [3.05, 3.63) is 100 Å². The molecule has 1 aliphatic rings. The highest BCUT2D eigenvalue weighted by Gasteiger charge is 2.35. The zero-order valence-electron chi connectivity index (χ0n) is 19.2. The van der Waals surface area contributed by atoms with E-state index in [0.717, 1.165) is 23.3 Å². The molecule has 0 bridgehead atoms. The molecule has 0 spiro atoms. The summed E-state index contributed by atoms with van der Waals surface area (Å²) in [6.07, 6.45) is 1.96. The fourth-order valence-corrected chi connectivity index (χ4v) is 4.68. The Hall–Kier alpha value is -3.31. The minimum Gasteiger partial charge on any atom is -0.487 e. The number of carbonyl (C=O) groups is 2. The molecule has 176 valence electrons. The summed E-state index contributed by atoms with van der Waals surface area (Å²) in [5, 5.41) is 9.81. The van der Waals surface area contributed by atoms with E-state index in [0.29, 0.717) is 30.0 Å². The first-order chi connectivity index (χ1) is 16.3. The summed E-state index contributed by atoms with van der Waals surface area (Å²) < 4.78 is 6.27. The van der Waals surface area contributed by atoms with Gasteiger partial charge in [0.2, 0.25) is 0 Å². The van der Waals surface area contributed by atoms with Crippen molar-refractivity contribution >= 4 is 23.5 Å². The molecule has 4 rings (SSSR count). The Morgan fingerprint density at radius 2 is 1.76 bits per heavy atom. The molecule has 1 aliphatic heterocycles. The van der Waals surface area contributed by atoms with E-state index in [1.165, 1.54) is 5.56 Å². The Balaban J connectivity index is 1.48. The van der Waals surface area contributed by atoms with Gasteiger partial charge in [0.1, 0.15) is 11.4 Å². The molecule has 3 aromatic rings. The Kier molecular flexibility index (Phi) is 7.23. The second kappa shape index (κ2) is 10.3. The molecule has 1 amide bonds. The summed E-state index contributed by atoms with van der Waals surface area (Å²) in [4.78, 5) is 26.2. The van der Waals surface area contributed by atoms with E-state index in [-0.39, 0.29) is 24.5 Å². The van der Waals surface area contributed by atoms with E-state index in [1.54, 1.807) is 17.0 Å². The van der Waals surface area contributed by atoms with Crippen LogP contribution in [0.3, 0.4) is 0 Å². The van der Waals surface area contributed by atoms with E-state index < -0.39 is 5.97 Å². The van der Waals surface area contributed by atoms with E-state index in [2.05, 4.69) is 19.1 Å². The predicted octanol–water partition coefficient (Wildman–Crippen LogP) is 5.44. The number of carboxylic acid groups (broad SMARTS) is 1. The minimum atomic E-state index is -0.931. The van der Waals surface area contributed by atoms with Gasteiger partial charge in [-0.15, -0.1) is 0 Å². The quantitative estimate of drug-likeness (QED) is 0.446. The van der Waals surface area contributed by atoms with Crippen molar-refractivity contribution in [2.45, 2.75) is 38.2 Å². The lowest BCUT2D eigenvalue weighted by molar-refractivity contribution is -0.137. The molecule has 5 nitrogen and oxygen atoms in total. The first-order valence-electron chi connectivity index (χ1n) is 11.4. The summed E-state index contributed by atoms with van der Waals surface area (Å²) in [5.74, 6) is -0.312. The number of rotatable bonds is 9. The molecule has 34 heavy (non-hydrogen) atoms. The molecular formula is C28H28ClNO4. The van der Waals surface area contributed by atoms with E-state index in [9.17, 15) is 9.59 Å². The van der Waals surface area contributed by atoms with Gasteiger partial charge in [0.05, 0.1) is 6.42 Å². The average molecular weight is 478 g/mol. The summed E-state index contributed by atoms with van der Waals surface area (Å²) in [6.45, 7) is 2.64. The number of nitrogens with zero attached hydrogens (tertiary/aromatic N) is 1. The number of amides is 1. The number of carbonyl (C=O) groups excluding carboxylic acids is 1. The van der Waals surface area contributed by atoms with Crippen LogP contribution in [-0.2, 0) is 24.1 Å². The largest absolute Gasteiger partial charge is 0.487 e. The Morgan fingerprint density at radius 1 is 1.00 bits per heavy atom. The van der Waals surface area contributed by atoms with Crippen LogP contribution in [0.2, 0.25) is 5.02 Å². The van der Waals surface area contributed by atoms with Gasteiger partial charge in [0, 0.05) is 36.5 Å². The molecule has 1 atom stereocenters. The first kappa shape index (κ1) is 23.8. The van der Waals surface area contributed by atoms with Crippen LogP contribution in [0.15, 0.2) is 72.8 Å². The van der Waals surface area contributed by atoms with Crippen LogP contribution >= 0.6 is 11.6 Å². The topological polar surface area (TPSA) is 66.8 Å². The Morgan fingerprint density at radius 3 is 2.50 bits per heavy atom. The smallest absolute Gasteiger partial charge is 0.305 e. The second-order valence-corrected chi connectivity index (χ2v) is 9.47. The summed E-state index contributed by atoms with van der Waals surface area (Å²) >= 11 is 6.08. The molecule has 0 radical (unpaired) electrons. The molecule has 0 saturated heterocycles. The van der Waals surface area contributed by atoms with Crippen molar-refractivity contribution in [2.24, 2.45) is 0 Å². The predicted molar refractivity (Wildman–Crippen MR) is 133 cm³/mol. The lowest BCUT2D eigenvalue weighted by Gasteiger charge is -2.24. The summed E-state index contributed by atoms with van der Waals surface area (Å²) in [7, 11) is 0. The number of hydrogen-bond acceptors (Lipinski definition) is 3. The molecule has 1 heterocycles. The molecule has 0 aromatic heterocycles. The van der Waals surface area contributed by atoms with Crippen LogP contribution in [0.5, 0.6) is 5.75 Å². The third kappa shape index (κ3) is 5.97. The lowest BCUT2D eigenvalue weighted by atomic mass is 9.91. The zero-order chi connectivity index (χ0) is 24.1. The molecule has 1 N–H and O–H groups in total. The number of carboxylic acids is 1. The SMILES string of the molecule is CC1(Cc2ccccc2)Cc2cc(C(=O)N(CCC(=O)O)CCc3cccc(Cl)c3)ccc2O1. The standard InChI is InChI=1S/C28H28ClNO4/c1-28(18-21-6-3-2-4-7-21)19-23-17-22(10-11-25(23)34-28)27(33)30(15-13-26(31)32)14-12-20-8-5-9-24(29)16-20/h2-11,16-17H,12-15,18-19H2,1H3,(H,31,32). The number of hydrogen-bond donors (Lipinski definition) is 1. The fraction of sp³-hybridized carbons (Fsp3) is 0.286. The van der Waals surface area contributed by atoms with Crippen molar-refractivity contribution in [3.63, 3.8) is 0 Å². The van der Waals surface area contributed by atoms with Crippen molar-refractivity contribution in [1.82, 2.24) is 4.90 Å². The molecular weight excluding hydrogens is 450 g/mol. The maximum Gasteiger partial charge on any atom is 0.305 e. The van der Waals surface area contributed by atoms with Crippen molar-refractivity contribution in [2.75, 3.05) is 13.1 Å². The minimum absolute atomic E-state index is 0.107. The molecule has 0 fully saturated rings. The molecule has 1 unspecified atom stereocenters. The Labute approximate surface area is 204 Å². The van der Waals surface area contributed by atoms with Gasteiger partial charge in [0.15, 0.2) is 0 Å². The molecule has 0 aliphatic carbocycles. The van der Waals surface area contributed by atoms with Gasteiger partial charge in [-0.3, -0.25) is 9.59 Å². The number of aliphatic carboxylic acids is 1. The highest BCUT2D eigenvalue weighted by Crippen LogP contribution is 2.37. The van der Waals surface area contributed by atoms with Crippen LogP contribution in [0.25, 0.3) is 0 Å². The monoisotopic (exact) mass is 477 g/mol. The number of ether oxygens (including phenoxy) is 1. The van der Waals surface area contributed by atoms with Crippen LogP contribution in [0.1, 0.15) is 40.4 Å². The normalized spacial score (nSPS) is 16.5. The summed E-state index contributed by atoms with van der Waals surface area (Å²) in [6, 6.07) is 23.2. The van der Waals surface area contributed by atoms with Crippen molar-refractivity contribution < 1.29 is 19.4 Å². The first-order valence-corrected chi connectivity index (χ1v) is 11.8. The molecule has 6 heteroatoms. The third-order valence-corrected chi connectivity index (χ3v) is 6.33. The van der Waals surface area contributed by atoms with Crippen LogP contribution in [0, 0.1) is 0 Å². The van der Waals surface area contributed by atoms with Crippen LogP contribution in [0.4, 0.5) is 0 Å². The maximum absolute atomic E-state index is 13.4. The van der Waals surface area contributed by atoms with Crippen molar-refractivity contribution in [3.8, 4) is 5.75 Å². The van der Waals surface area contributed by atoms with Gasteiger partial charge < -0.3 is 14.7 Å². The summed E-state index contributed by atoms with van der Waals surface area (Å²) in [5.41, 5.74) is 3.37. The highest BCUT2D eigenvalue weighted by molar-refractivity contribution is 6.30. The van der Waals surface area contributed by atoms with E-state index in [1.807, 2.05) is 48.5 Å². The number of fused-ring (bicyclic) bond motifs is 1. The third-order valence-electron chi connectivity index (χ3n) is 6.09. The van der Waals surface area contributed by atoms with Gasteiger partial charge in [-0.2, -0.15) is 0 Å². The molecule has 3 aromatic carbocycles. The van der Waals surface area contributed by atoms with Crippen LogP contribution in [-0.4, -0.2) is 40.6 Å². The van der Waals surface area contributed by atoms with Gasteiger partial charge in [-0.05, 0) is 60.4 Å². The number of halogens is 1. The van der Waals surface area contributed by atoms with Gasteiger partial charge in [-0.1, -0.05) is 54.1 Å². The second-order valence-electron chi connectivity index (χ2n) is 9.03. The number of benzene rings is 3. The van der Waals surface area contributed by atoms with Gasteiger partial charge >= 0.3 is 5.97 Å². The fourth-order valence-electron chi connectivity index (χ4n) is 4.47. The highest BCUT2D eigenvalue weighted by atomic mass is 35.5. The van der Waals surface area contributed by atoms with Gasteiger partial charge in [-0.25, -0.2) is 0 Å². The van der Waals surface area contributed by atoms with E-state index in [4.69, 9.17) is 21.4 Å². The maximum atomic E-state index is 13.4.